The van der Waals surface area contributed by atoms with E-state index in [1.54, 1.807) is 13.8 Å². The van der Waals surface area contributed by atoms with Gasteiger partial charge in [-0.3, -0.25) is 38.4 Å². The molecule has 0 aromatic heterocycles. The Balaban J connectivity index is 5.72. The topological polar surface area (TPSA) is 375 Å². The summed E-state index contributed by atoms with van der Waals surface area (Å²) in [6.45, 7) is 2.15. The molecule has 8 amide bonds. The van der Waals surface area contributed by atoms with Gasteiger partial charge < -0.3 is 73.9 Å². The van der Waals surface area contributed by atoms with Crippen molar-refractivity contribution in [2.75, 3.05) is 26.4 Å². The molecule has 0 rings (SSSR count). The number of carboxylic acid groups (broad SMARTS) is 1. The number of hydrogen-bond donors (Lipinski definition) is 12. The fraction of sp³-hybridized carbons (Fsp3) is 0.667. The first-order valence-corrected chi connectivity index (χ1v) is 15.1. The second kappa shape index (κ2) is 21.8. The smallest absolute Gasteiger partial charge is 0.278 e. The number of primary amides is 1. The number of aliphatic hydroxyl groups excluding tert-OH is 3. The van der Waals surface area contributed by atoms with Gasteiger partial charge in [0, 0.05) is 0 Å². The lowest BCUT2D eigenvalue weighted by Gasteiger charge is -2.28. The Hall–Kier alpha value is -4.93. The van der Waals surface area contributed by atoms with Crippen LogP contribution < -0.4 is 53.8 Å². The van der Waals surface area contributed by atoms with Crippen LogP contribution in [-0.4, -0.2) is 137 Å². The summed E-state index contributed by atoms with van der Waals surface area (Å²) in [5, 5.41) is 54.6. The van der Waals surface area contributed by atoms with Gasteiger partial charge in [-0.05, 0) is 19.8 Å². The molecular weight excluding hydrogens is 658 g/mol. The van der Waals surface area contributed by atoms with Gasteiger partial charge in [0.25, 0.3) is 5.91 Å². The van der Waals surface area contributed by atoms with Crippen LogP contribution in [0.5, 0.6) is 0 Å². The van der Waals surface area contributed by atoms with Crippen LogP contribution in [0.2, 0.25) is 0 Å². The van der Waals surface area contributed by atoms with Crippen LogP contribution in [0.25, 0.3) is 0 Å². The van der Waals surface area contributed by atoms with Crippen LogP contribution in [0.1, 0.15) is 40.5 Å². The van der Waals surface area contributed by atoms with Crippen molar-refractivity contribution in [3.8, 4) is 0 Å². The molecule has 8 atom stereocenters. The number of amides is 8. The van der Waals surface area contributed by atoms with Crippen LogP contribution in [0.15, 0.2) is 0 Å². The minimum absolute atomic E-state index is 0.308. The largest absolute Gasteiger partial charge is 0.548 e. The monoisotopic (exact) mass is 705 g/mol. The Bertz CT molecular complexity index is 1220. The molecule has 0 unspecified atom stereocenters. The first-order valence-electron chi connectivity index (χ1n) is 15.1. The maximum atomic E-state index is 13.1. The van der Waals surface area contributed by atoms with Gasteiger partial charge in [-0.25, -0.2) is 0 Å². The molecule has 0 bridgehead atoms. The molecule has 0 aliphatic rings. The van der Waals surface area contributed by atoms with Crippen LogP contribution >= 0.6 is 0 Å². The zero-order chi connectivity index (χ0) is 38.0. The SMILES string of the molecule is CC[C@H](C)[C@H](NC(=O)[C@H](CO)NC(=O)[C@H](CC(N)=O)NC(=O)[C@H](CO)NC(=O)[C@H](C)[NH3+])C(=O)N[C@@H](C)C(=O)N[C@@H](CO)C(=O)NCC(=O)[O-]. The van der Waals surface area contributed by atoms with Gasteiger partial charge >= 0.3 is 0 Å². The Morgan fingerprint density at radius 2 is 1.06 bits per heavy atom. The summed E-state index contributed by atoms with van der Waals surface area (Å²) in [7, 11) is 0. The van der Waals surface area contributed by atoms with Crippen molar-refractivity contribution in [2.45, 2.75) is 82.8 Å². The third-order valence-electron chi connectivity index (χ3n) is 6.88. The summed E-state index contributed by atoms with van der Waals surface area (Å²) in [5.74, 6) is -10.2. The molecule has 0 aromatic carbocycles. The van der Waals surface area contributed by atoms with E-state index in [4.69, 9.17) is 5.73 Å². The van der Waals surface area contributed by atoms with Gasteiger partial charge in [0.1, 0.15) is 36.3 Å². The number of carbonyl (C=O) groups is 9. The third kappa shape index (κ3) is 15.7. The number of hydrogen-bond acceptors (Lipinski definition) is 13. The normalized spacial score (nSPS) is 15.7. The van der Waals surface area contributed by atoms with E-state index < -0.39 is 134 Å². The number of quaternary nitrogens is 1. The maximum Gasteiger partial charge on any atom is 0.278 e. The summed E-state index contributed by atoms with van der Waals surface area (Å²) < 4.78 is 0. The summed E-state index contributed by atoms with van der Waals surface area (Å²) in [6.07, 6.45) is -0.481. The van der Waals surface area contributed by atoms with Crippen molar-refractivity contribution < 1.29 is 69.3 Å². The molecule has 0 heterocycles. The van der Waals surface area contributed by atoms with Crippen molar-refractivity contribution in [1.29, 1.82) is 0 Å². The number of aliphatic carboxylic acids is 1. The molecule has 0 spiro atoms. The molecule has 0 saturated carbocycles. The fourth-order valence-corrected chi connectivity index (χ4v) is 3.76. The lowest BCUT2D eigenvalue weighted by molar-refractivity contribution is -0.398. The van der Waals surface area contributed by atoms with E-state index in [2.05, 4.69) is 37.6 Å². The zero-order valence-corrected chi connectivity index (χ0v) is 27.6. The van der Waals surface area contributed by atoms with Crippen molar-refractivity contribution in [3.05, 3.63) is 0 Å². The summed E-state index contributed by atoms with van der Waals surface area (Å²) in [4.78, 5) is 111. The maximum absolute atomic E-state index is 13.1. The predicted octanol–water partition coefficient (Wildman–Crippen LogP) is -9.69. The van der Waals surface area contributed by atoms with Gasteiger partial charge in [-0.2, -0.15) is 0 Å². The summed E-state index contributed by atoms with van der Waals surface area (Å²) in [5.41, 5.74) is 8.66. The molecule has 278 valence electrons. The number of rotatable bonds is 22. The minimum Gasteiger partial charge on any atom is -0.548 e. The highest BCUT2D eigenvalue weighted by molar-refractivity contribution is 5.98. The first-order chi connectivity index (χ1) is 22.8. The van der Waals surface area contributed by atoms with Gasteiger partial charge in [0.2, 0.25) is 41.4 Å². The van der Waals surface area contributed by atoms with E-state index in [1.807, 2.05) is 5.32 Å². The Kier molecular flexibility index (Phi) is 19.6. The van der Waals surface area contributed by atoms with E-state index >= 15 is 0 Å². The van der Waals surface area contributed by atoms with Crippen molar-refractivity contribution in [3.63, 3.8) is 0 Å². The molecule has 22 nitrogen and oxygen atoms in total. The van der Waals surface area contributed by atoms with Crippen molar-refractivity contribution in [2.24, 2.45) is 11.7 Å². The number of aliphatic hydroxyl groups is 3. The lowest BCUT2D eigenvalue weighted by Crippen LogP contribution is -2.68. The van der Waals surface area contributed by atoms with Crippen LogP contribution in [0.3, 0.4) is 0 Å². The molecule has 0 radical (unpaired) electrons. The van der Waals surface area contributed by atoms with Gasteiger partial charge in [0.15, 0.2) is 6.04 Å². The van der Waals surface area contributed by atoms with Crippen molar-refractivity contribution >= 4 is 53.2 Å². The van der Waals surface area contributed by atoms with E-state index in [1.165, 1.54) is 13.8 Å². The van der Waals surface area contributed by atoms with Crippen LogP contribution in [-0.2, 0) is 43.2 Å². The van der Waals surface area contributed by atoms with E-state index in [-0.39, 0.29) is 0 Å². The number of nitrogens with two attached hydrogens (primary N) is 1. The number of carbonyl (C=O) groups excluding carboxylic acids is 9. The highest BCUT2D eigenvalue weighted by Gasteiger charge is 2.34. The summed E-state index contributed by atoms with van der Waals surface area (Å²) in [6, 6.07) is -10.1. The van der Waals surface area contributed by atoms with Gasteiger partial charge in [0.05, 0.1) is 38.8 Å². The highest BCUT2D eigenvalue weighted by Crippen LogP contribution is 2.09. The lowest BCUT2D eigenvalue weighted by atomic mass is 9.97. The molecule has 49 heavy (non-hydrogen) atoms. The average molecular weight is 706 g/mol. The second-order valence-electron chi connectivity index (χ2n) is 11.1. The average Bonchev–Trinajstić information content (AvgIpc) is 3.04. The highest BCUT2D eigenvalue weighted by atomic mass is 16.4. The summed E-state index contributed by atoms with van der Waals surface area (Å²) >= 11 is 0. The molecule has 0 aromatic rings. The third-order valence-corrected chi connectivity index (χ3v) is 6.88. The predicted molar refractivity (Wildman–Crippen MR) is 162 cm³/mol. The van der Waals surface area contributed by atoms with E-state index in [0.717, 1.165) is 0 Å². The second-order valence-corrected chi connectivity index (χ2v) is 11.1. The molecule has 0 aliphatic heterocycles. The fourth-order valence-electron chi connectivity index (χ4n) is 3.76. The molecule has 0 saturated heterocycles. The quantitative estimate of drug-likeness (QED) is 0.0498. The Labute approximate surface area is 280 Å². The Morgan fingerprint density at radius 3 is 1.51 bits per heavy atom. The molecule has 0 aliphatic carbocycles. The number of nitrogens with one attached hydrogen (secondary N) is 7. The Morgan fingerprint density at radius 1 is 0.633 bits per heavy atom. The number of carboxylic acids is 1. The van der Waals surface area contributed by atoms with Crippen LogP contribution in [0, 0.1) is 5.92 Å². The van der Waals surface area contributed by atoms with Crippen molar-refractivity contribution in [1.82, 2.24) is 37.2 Å². The van der Waals surface area contributed by atoms with Gasteiger partial charge in [-0.1, -0.05) is 20.3 Å². The van der Waals surface area contributed by atoms with E-state index in [0.29, 0.717) is 6.42 Å². The van der Waals surface area contributed by atoms with Crippen LogP contribution in [0.4, 0.5) is 0 Å². The van der Waals surface area contributed by atoms with Gasteiger partial charge in [-0.15, -0.1) is 0 Å². The standard InChI is InChI=1S/C27H47N9O13/c1-5-11(2)20(27(49)31-13(4)22(44)34-15(8-37)23(45)30-7-19(41)42)36-26(48)17(10-39)35-24(46)14(6-18(29)40)32-25(47)16(9-38)33-21(43)12(3)28/h11-17,20,37-39H,5-10,28H2,1-4H3,(H2,29,40)(H,30,45)(H,31,49)(H,32,47)(H,33,43)(H,34,44)(H,35,46)(H,36,48)(H,41,42)/t11-,12-,13-,14-,15-,16-,17-,20-/m0/s1. The minimum atomic E-state index is -1.75. The molecule has 22 heteroatoms. The van der Waals surface area contributed by atoms with E-state index in [9.17, 15) is 63.6 Å². The molecular formula is C27H47N9O13. The first kappa shape index (κ1) is 44.1. The molecule has 0 fully saturated rings. The zero-order valence-electron chi connectivity index (χ0n) is 27.6. The molecule has 15 N–H and O–H groups in total.